The highest BCUT2D eigenvalue weighted by Gasteiger charge is 2.25. The highest BCUT2D eigenvalue weighted by Crippen LogP contribution is 2.30. The summed E-state index contributed by atoms with van der Waals surface area (Å²) in [5, 5.41) is 6.36. The molecule has 1 saturated carbocycles. The van der Waals surface area contributed by atoms with E-state index in [1.165, 1.54) is 24.0 Å². The fourth-order valence-electron chi connectivity index (χ4n) is 2.48. The lowest BCUT2D eigenvalue weighted by atomic mass is 10.1. The van der Waals surface area contributed by atoms with Crippen LogP contribution in [0.2, 0.25) is 0 Å². The standard InChI is InChI=1S/C14H18N2O/c17-14(9-15-11-6-7-11)16-13-8-5-10-3-1-2-4-12(10)13/h1-4,11,13,15H,5-9H2,(H,16,17). The lowest BCUT2D eigenvalue weighted by molar-refractivity contribution is -0.121. The van der Waals surface area contributed by atoms with Crippen molar-refractivity contribution in [1.82, 2.24) is 10.6 Å². The molecule has 1 aromatic carbocycles. The average molecular weight is 230 g/mol. The van der Waals surface area contributed by atoms with Crippen molar-refractivity contribution in [2.45, 2.75) is 37.8 Å². The molecule has 0 aromatic heterocycles. The van der Waals surface area contributed by atoms with Gasteiger partial charge in [-0.25, -0.2) is 0 Å². The van der Waals surface area contributed by atoms with Crippen LogP contribution in [0.5, 0.6) is 0 Å². The number of hydrogen-bond acceptors (Lipinski definition) is 2. The van der Waals surface area contributed by atoms with Gasteiger partial charge in [0, 0.05) is 6.04 Å². The fraction of sp³-hybridized carbons (Fsp3) is 0.500. The molecule has 0 bridgehead atoms. The number of rotatable bonds is 4. The molecular weight excluding hydrogens is 212 g/mol. The third-order valence-electron chi connectivity index (χ3n) is 3.60. The summed E-state index contributed by atoms with van der Waals surface area (Å²) in [4.78, 5) is 11.8. The second kappa shape index (κ2) is 4.49. The van der Waals surface area contributed by atoms with Crippen molar-refractivity contribution in [2.75, 3.05) is 6.54 Å². The molecule has 3 rings (SSSR count). The molecule has 3 heteroatoms. The van der Waals surface area contributed by atoms with Crippen LogP contribution in [0.25, 0.3) is 0 Å². The van der Waals surface area contributed by atoms with Gasteiger partial charge in [-0.1, -0.05) is 24.3 Å². The second-order valence-corrected chi connectivity index (χ2v) is 5.01. The first kappa shape index (κ1) is 10.8. The lowest BCUT2D eigenvalue weighted by Crippen LogP contribution is -2.36. The number of amides is 1. The van der Waals surface area contributed by atoms with E-state index in [0.29, 0.717) is 12.6 Å². The molecule has 1 unspecified atom stereocenters. The SMILES string of the molecule is O=C(CNC1CC1)NC1CCc2ccccc21. The lowest BCUT2D eigenvalue weighted by Gasteiger charge is -2.14. The summed E-state index contributed by atoms with van der Waals surface area (Å²) in [6.45, 7) is 0.462. The summed E-state index contributed by atoms with van der Waals surface area (Å²) in [5.41, 5.74) is 2.68. The highest BCUT2D eigenvalue weighted by molar-refractivity contribution is 5.78. The zero-order valence-corrected chi connectivity index (χ0v) is 9.91. The Balaban J connectivity index is 1.56. The number of carbonyl (C=O) groups is 1. The van der Waals surface area contributed by atoms with Crippen molar-refractivity contribution < 1.29 is 4.79 Å². The van der Waals surface area contributed by atoms with E-state index < -0.39 is 0 Å². The molecule has 1 atom stereocenters. The van der Waals surface area contributed by atoms with Crippen molar-refractivity contribution >= 4 is 5.91 Å². The Hall–Kier alpha value is -1.35. The first-order chi connectivity index (χ1) is 8.33. The van der Waals surface area contributed by atoms with Crippen molar-refractivity contribution in [1.29, 1.82) is 0 Å². The van der Waals surface area contributed by atoms with Gasteiger partial charge in [-0.05, 0) is 36.8 Å². The summed E-state index contributed by atoms with van der Waals surface area (Å²) < 4.78 is 0. The van der Waals surface area contributed by atoms with E-state index in [-0.39, 0.29) is 11.9 Å². The molecule has 0 heterocycles. The second-order valence-electron chi connectivity index (χ2n) is 5.01. The van der Waals surface area contributed by atoms with Crippen LogP contribution in [0.4, 0.5) is 0 Å². The number of benzene rings is 1. The number of hydrogen-bond donors (Lipinski definition) is 2. The van der Waals surface area contributed by atoms with E-state index >= 15 is 0 Å². The third-order valence-corrected chi connectivity index (χ3v) is 3.60. The molecule has 1 amide bonds. The molecule has 90 valence electrons. The Kier molecular flexibility index (Phi) is 2.85. The third kappa shape index (κ3) is 2.50. The summed E-state index contributed by atoms with van der Waals surface area (Å²) in [6, 6.07) is 9.21. The predicted octanol–water partition coefficient (Wildman–Crippen LogP) is 1.54. The molecule has 17 heavy (non-hydrogen) atoms. The van der Waals surface area contributed by atoms with Gasteiger partial charge in [-0.2, -0.15) is 0 Å². The Morgan fingerprint density at radius 2 is 2.06 bits per heavy atom. The first-order valence-electron chi connectivity index (χ1n) is 6.43. The van der Waals surface area contributed by atoms with Crippen LogP contribution < -0.4 is 10.6 Å². The van der Waals surface area contributed by atoms with Gasteiger partial charge >= 0.3 is 0 Å². The maximum Gasteiger partial charge on any atom is 0.234 e. The van der Waals surface area contributed by atoms with E-state index in [0.717, 1.165) is 12.8 Å². The Morgan fingerprint density at radius 1 is 1.24 bits per heavy atom. The van der Waals surface area contributed by atoms with Gasteiger partial charge in [0.2, 0.25) is 5.91 Å². The van der Waals surface area contributed by atoms with Crippen LogP contribution in [-0.4, -0.2) is 18.5 Å². The largest absolute Gasteiger partial charge is 0.348 e. The van der Waals surface area contributed by atoms with Crippen LogP contribution in [0.3, 0.4) is 0 Å². The van der Waals surface area contributed by atoms with E-state index in [1.54, 1.807) is 0 Å². The number of carbonyl (C=O) groups excluding carboxylic acids is 1. The van der Waals surface area contributed by atoms with Crippen LogP contribution in [0.1, 0.15) is 36.4 Å². The van der Waals surface area contributed by atoms with Crippen LogP contribution in [0, 0.1) is 0 Å². The molecule has 0 aliphatic heterocycles. The summed E-state index contributed by atoms with van der Waals surface area (Å²) in [6.07, 6.45) is 4.56. The van der Waals surface area contributed by atoms with E-state index in [4.69, 9.17) is 0 Å². The number of nitrogens with one attached hydrogen (secondary N) is 2. The van der Waals surface area contributed by atoms with E-state index in [1.807, 2.05) is 6.07 Å². The summed E-state index contributed by atoms with van der Waals surface area (Å²) in [7, 11) is 0. The summed E-state index contributed by atoms with van der Waals surface area (Å²) >= 11 is 0. The molecule has 1 aromatic rings. The monoisotopic (exact) mass is 230 g/mol. The molecule has 0 spiro atoms. The van der Waals surface area contributed by atoms with Gasteiger partial charge in [0.05, 0.1) is 12.6 Å². The first-order valence-corrected chi connectivity index (χ1v) is 6.43. The molecule has 2 aliphatic carbocycles. The molecule has 1 fully saturated rings. The predicted molar refractivity (Wildman–Crippen MR) is 66.7 cm³/mol. The van der Waals surface area contributed by atoms with E-state index in [9.17, 15) is 4.79 Å². The smallest absolute Gasteiger partial charge is 0.234 e. The fourth-order valence-corrected chi connectivity index (χ4v) is 2.48. The van der Waals surface area contributed by atoms with Gasteiger partial charge < -0.3 is 10.6 Å². The minimum atomic E-state index is 0.124. The van der Waals surface area contributed by atoms with Crippen molar-refractivity contribution in [3.63, 3.8) is 0 Å². The Morgan fingerprint density at radius 3 is 2.88 bits per heavy atom. The van der Waals surface area contributed by atoms with Crippen molar-refractivity contribution in [3.8, 4) is 0 Å². The maximum absolute atomic E-state index is 11.8. The molecular formula is C14H18N2O. The minimum Gasteiger partial charge on any atom is -0.348 e. The normalized spacial score (nSPS) is 22.2. The Labute approximate surface area is 102 Å². The molecule has 3 nitrogen and oxygen atoms in total. The Bertz CT molecular complexity index is 426. The maximum atomic E-state index is 11.8. The van der Waals surface area contributed by atoms with Gasteiger partial charge in [0.25, 0.3) is 0 Å². The molecule has 0 saturated heterocycles. The number of fused-ring (bicyclic) bond motifs is 1. The van der Waals surface area contributed by atoms with Gasteiger partial charge in [-0.15, -0.1) is 0 Å². The summed E-state index contributed by atoms with van der Waals surface area (Å²) in [5.74, 6) is 0.124. The van der Waals surface area contributed by atoms with Crippen molar-refractivity contribution in [3.05, 3.63) is 35.4 Å². The van der Waals surface area contributed by atoms with Crippen LogP contribution in [-0.2, 0) is 11.2 Å². The van der Waals surface area contributed by atoms with Gasteiger partial charge in [0.15, 0.2) is 0 Å². The van der Waals surface area contributed by atoms with E-state index in [2.05, 4.69) is 28.8 Å². The molecule has 0 radical (unpaired) electrons. The molecule has 2 N–H and O–H groups in total. The highest BCUT2D eigenvalue weighted by atomic mass is 16.2. The molecule has 2 aliphatic rings. The quantitative estimate of drug-likeness (QED) is 0.824. The minimum absolute atomic E-state index is 0.124. The van der Waals surface area contributed by atoms with Crippen LogP contribution >= 0.6 is 0 Å². The zero-order valence-electron chi connectivity index (χ0n) is 9.91. The number of aryl methyl sites for hydroxylation is 1. The van der Waals surface area contributed by atoms with Gasteiger partial charge in [0.1, 0.15) is 0 Å². The van der Waals surface area contributed by atoms with Crippen molar-refractivity contribution in [2.24, 2.45) is 0 Å². The average Bonchev–Trinajstić information content (AvgIpc) is 3.10. The van der Waals surface area contributed by atoms with Crippen LogP contribution in [0.15, 0.2) is 24.3 Å². The zero-order chi connectivity index (χ0) is 11.7. The topological polar surface area (TPSA) is 41.1 Å². The van der Waals surface area contributed by atoms with Gasteiger partial charge in [-0.3, -0.25) is 4.79 Å².